The molecular weight excluding hydrogens is 240 g/mol. The number of aryl methyl sites for hydroxylation is 1. The summed E-state index contributed by atoms with van der Waals surface area (Å²) in [5.41, 5.74) is 2.57. The zero-order chi connectivity index (χ0) is 14.4. The highest BCUT2D eigenvalue weighted by Crippen LogP contribution is 2.17. The summed E-state index contributed by atoms with van der Waals surface area (Å²) in [5, 5.41) is 6.08. The number of anilines is 1. The quantitative estimate of drug-likeness (QED) is 0.829. The molecule has 106 valence electrons. The largest absolute Gasteiger partial charge is 0.387 e. The Morgan fingerprint density at radius 1 is 1.37 bits per heavy atom. The van der Waals surface area contributed by atoms with Crippen LogP contribution in [0.25, 0.3) is 0 Å². The molecule has 19 heavy (non-hydrogen) atoms. The number of carbonyl (C=O) groups excluding carboxylic acids is 1. The molecule has 1 unspecified atom stereocenters. The van der Waals surface area contributed by atoms with E-state index in [9.17, 15) is 4.79 Å². The van der Waals surface area contributed by atoms with Gasteiger partial charge in [-0.1, -0.05) is 25.5 Å². The van der Waals surface area contributed by atoms with Gasteiger partial charge in [0.15, 0.2) is 0 Å². The fraction of sp³-hybridized carbons (Fsp3) is 0.533. The highest BCUT2D eigenvalue weighted by molar-refractivity contribution is 6.00. The summed E-state index contributed by atoms with van der Waals surface area (Å²) < 4.78 is 5.15. The molecule has 4 nitrogen and oxygen atoms in total. The first-order valence-corrected chi connectivity index (χ1v) is 6.57. The van der Waals surface area contributed by atoms with Gasteiger partial charge in [-0.2, -0.15) is 0 Å². The number of rotatable bonds is 6. The van der Waals surface area contributed by atoms with E-state index < -0.39 is 0 Å². The second kappa shape index (κ2) is 7.14. The van der Waals surface area contributed by atoms with E-state index in [2.05, 4.69) is 24.5 Å². The molecule has 0 aromatic heterocycles. The monoisotopic (exact) mass is 264 g/mol. The minimum Gasteiger partial charge on any atom is -0.387 e. The van der Waals surface area contributed by atoms with Crippen molar-refractivity contribution in [3.05, 3.63) is 29.3 Å². The predicted molar refractivity (Wildman–Crippen MR) is 78.7 cm³/mol. The Bertz CT molecular complexity index is 430. The molecule has 1 aromatic carbocycles. The lowest BCUT2D eigenvalue weighted by Gasteiger charge is -2.22. The van der Waals surface area contributed by atoms with Crippen LogP contribution in [0.2, 0.25) is 0 Å². The third-order valence-electron chi connectivity index (χ3n) is 3.16. The number of carbonyl (C=O) groups is 1. The van der Waals surface area contributed by atoms with Crippen LogP contribution in [0.3, 0.4) is 0 Å². The molecule has 0 aliphatic heterocycles. The molecule has 0 saturated heterocycles. The molecule has 0 spiro atoms. The Balaban J connectivity index is 2.90. The number of methoxy groups -OCH3 is 1. The minimum absolute atomic E-state index is 0.0164. The van der Waals surface area contributed by atoms with Crippen molar-refractivity contribution < 1.29 is 9.53 Å². The van der Waals surface area contributed by atoms with Crippen molar-refractivity contribution in [1.29, 1.82) is 0 Å². The highest BCUT2D eigenvalue weighted by atomic mass is 16.5. The number of ether oxygens (including phenoxy) is 1. The minimum atomic E-state index is -0.0659. The van der Waals surface area contributed by atoms with Gasteiger partial charge in [-0.05, 0) is 25.0 Å². The molecule has 0 heterocycles. The van der Waals surface area contributed by atoms with E-state index in [0.29, 0.717) is 18.1 Å². The van der Waals surface area contributed by atoms with Crippen LogP contribution in [-0.4, -0.2) is 32.7 Å². The van der Waals surface area contributed by atoms with E-state index in [1.54, 1.807) is 7.11 Å². The second-order valence-electron chi connectivity index (χ2n) is 5.08. The molecule has 4 heteroatoms. The number of nitrogens with one attached hydrogen (secondary N) is 2. The van der Waals surface area contributed by atoms with Crippen LogP contribution >= 0.6 is 0 Å². The van der Waals surface area contributed by atoms with E-state index in [1.165, 1.54) is 0 Å². The van der Waals surface area contributed by atoms with E-state index in [4.69, 9.17) is 4.74 Å². The third-order valence-corrected chi connectivity index (χ3v) is 3.16. The average Bonchev–Trinajstić information content (AvgIpc) is 2.37. The molecule has 0 saturated carbocycles. The van der Waals surface area contributed by atoms with Gasteiger partial charge in [0, 0.05) is 19.8 Å². The molecule has 2 N–H and O–H groups in total. The molecular formula is C15H24N2O2. The van der Waals surface area contributed by atoms with Crippen molar-refractivity contribution in [3.63, 3.8) is 0 Å². The highest BCUT2D eigenvalue weighted by Gasteiger charge is 2.18. The average molecular weight is 264 g/mol. The normalized spacial score (nSPS) is 12.3. The van der Waals surface area contributed by atoms with Gasteiger partial charge in [0.1, 0.15) is 0 Å². The summed E-state index contributed by atoms with van der Waals surface area (Å²) in [7, 11) is 3.46. The Hall–Kier alpha value is -1.55. The van der Waals surface area contributed by atoms with Crippen molar-refractivity contribution in [3.8, 4) is 0 Å². The van der Waals surface area contributed by atoms with Gasteiger partial charge >= 0.3 is 0 Å². The smallest absolute Gasteiger partial charge is 0.253 e. The Kier molecular flexibility index (Phi) is 5.83. The Labute approximate surface area is 115 Å². The van der Waals surface area contributed by atoms with Crippen molar-refractivity contribution >= 4 is 11.6 Å². The summed E-state index contributed by atoms with van der Waals surface area (Å²) in [6.07, 6.45) is 0. The predicted octanol–water partition coefficient (Wildman–Crippen LogP) is 2.44. The molecule has 1 amide bonds. The second-order valence-corrected chi connectivity index (χ2v) is 5.08. The maximum Gasteiger partial charge on any atom is 0.253 e. The fourth-order valence-corrected chi connectivity index (χ4v) is 1.89. The first-order valence-electron chi connectivity index (χ1n) is 6.57. The van der Waals surface area contributed by atoms with Gasteiger partial charge in [-0.25, -0.2) is 0 Å². The first-order chi connectivity index (χ1) is 8.99. The van der Waals surface area contributed by atoms with E-state index in [0.717, 1.165) is 11.3 Å². The van der Waals surface area contributed by atoms with Crippen LogP contribution in [0.1, 0.15) is 29.8 Å². The lowest BCUT2D eigenvalue weighted by Crippen LogP contribution is -2.41. The van der Waals surface area contributed by atoms with Crippen molar-refractivity contribution in [2.75, 3.05) is 26.1 Å². The summed E-state index contributed by atoms with van der Waals surface area (Å²) in [6.45, 7) is 6.63. The van der Waals surface area contributed by atoms with Gasteiger partial charge in [0.25, 0.3) is 5.91 Å². The summed E-state index contributed by atoms with van der Waals surface area (Å²) in [5.74, 6) is 0.260. The molecule has 1 aromatic rings. The maximum atomic E-state index is 12.4. The zero-order valence-corrected chi connectivity index (χ0v) is 12.4. The third kappa shape index (κ3) is 4.24. The van der Waals surface area contributed by atoms with E-state index in [1.807, 2.05) is 32.2 Å². The fourth-order valence-electron chi connectivity index (χ4n) is 1.89. The Morgan fingerprint density at radius 3 is 2.58 bits per heavy atom. The molecule has 1 rings (SSSR count). The summed E-state index contributed by atoms with van der Waals surface area (Å²) >= 11 is 0. The first kappa shape index (κ1) is 15.5. The molecule has 0 aliphatic rings. The van der Waals surface area contributed by atoms with Gasteiger partial charge in [-0.15, -0.1) is 0 Å². The van der Waals surface area contributed by atoms with Crippen molar-refractivity contribution in [2.24, 2.45) is 5.92 Å². The summed E-state index contributed by atoms with van der Waals surface area (Å²) in [4.78, 5) is 12.4. The maximum absolute atomic E-state index is 12.4. The molecule has 1 atom stereocenters. The number of amides is 1. The van der Waals surface area contributed by atoms with Crippen LogP contribution < -0.4 is 10.6 Å². The Morgan fingerprint density at radius 2 is 2.05 bits per heavy atom. The molecule has 0 aliphatic carbocycles. The molecule has 0 fully saturated rings. The van der Waals surface area contributed by atoms with Gasteiger partial charge in [0.2, 0.25) is 0 Å². The molecule has 0 radical (unpaired) electrons. The van der Waals surface area contributed by atoms with Crippen LogP contribution in [-0.2, 0) is 4.74 Å². The van der Waals surface area contributed by atoms with Crippen molar-refractivity contribution in [1.82, 2.24) is 5.32 Å². The standard InChI is InChI=1S/C15H24N2O2/c1-10(2)14(9-19-5)17-15(18)12-8-11(3)6-7-13(12)16-4/h6-8,10,14,16H,9H2,1-5H3,(H,17,18). The van der Waals surface area contributed by atoms with Crippen LogP contribution in [0.15, 0.2) is 18.2 Å². The van der Waals surface area contributed by atoms with Crippen LogP contribution in [0.4, 0.5) is 5.69 Å². The van der Waals surface area contributed by atoms with E-state index in [-0.39, 0.29) is 11.9 Å². The molecule has 0 bridgehead atoms. The SMILES string of the molecule is CNc1ccc(C)cc1C(=O)NC(COC)C(C)C. The lowest BCUT2D eigenvalue weighted by atomic mass is 10.0. The zero-order valence-electron chi connectivity index (χ0n) is 12.4. The topological polar surface area (TPSA) is 50.4 Å². The van der Waals surface area contributed by atoms with Crippen molar-refractivity contribution in [2.45, 2.75) is 26.8 Å². The summed E-state index contributed by atoms with van der Waals surface area (Å²) in [6, 6.07) is 5.82. The van der Waals surface area contributed by atoms with Gasteiger partial charge in [0.05, 0.1) is 18.2 Å². The van der Waals surface area contributed by atoms with Crippen LogP contribution in [0.5, 0.6) is 0 Å². The lowest BCUT2D eigenvalue weighted by molar-refractivity contribution is 0.0867. The number of benzene rings is 1. The van der Waals surface area contributed by atoms with E-state index >= 15 is 0 Å². The van der Waals surface area contributed by atoms with Gasteiger partial charge < -0.3 is 15.4 Å². The number of hydrogen-bond acceptors (Lipinski definition) is 3. The number of hydrogen-bond donors (Lipinski definition) is 2. The van der Waals surface area contributed by atoms with Gasteiger partial charge in [-0.3, -0.25) is 4.79 Å². The van der Waals surface area contributed by atoms with Crippen LogP contribution in [0, 0.1) is 12.8 Å².